The second-order valence-corrected chi connectivity index (χ2v) is 3.99. The molecule has 2 nitrogen and oxygen atoms in total. The highest BCUT2D eigenvalue weighted by Crippen LogP contribution is 2.22. The van der Waals surface area contributed by atoms with Crippen molar-refractivity contribution in [3.8, 4) is 5.75 Å². The standard InChI is InChI=1S/C13H17FO2/c1-4-9(2)7-12(15)11-8-10(14)5-6-13(11)16-3/h5-6,8-9H,4,7H2,1-3H3. The third kappa shape index (κ3) is 3.05. The van der Waals surface area contributed by atoms with Gasteiger partial charge in [-0.1, -0.05) is 20.3 Å². The number of methoxy groups -OCH3 is 1. The van der Waals surface area contributed by atoms with Gasteiger partial charge in [0, 0.05) is 6.42 Å². The van der Waals surface area contributed by atoms with Crippen LogP contribution >= 0.6 is 0 Å². The first-order valence-electron chi connectivity index (χ1n) is 5.45. The Labute approximate surface area is 95.4 Å². The largest absolute Gasteiger partial charge is 0.496 e. The van der Waals surface area contributed by atoms with Crippen molar-refractivity contribution in [3.63, 3.8) is 0 Å². The summed E-state index contributed by atoms with van der Waals surface area (Å²) in [6, 6.07) is 4.02. The van der Waals surface area contributed by atoms with E-state index in [1.165, 1.54) is 25.3 Å². The van der Waals surface area contributed by atoms with Crippen molar-refractivity contribution in [2.75, 3.05) is 7.11 Å². The lowest BCUT2D eigenvalue weighted by atomic mass is 9.97. The van der Waals surface area contributed by atoms with Crippen molar-refractivity contribution in [2.24, 2.45) is 5.92 Å². The second-order valence-electron chi connectivity index (χ2n) is 3.99. The van der Waals surface area contributed by atoms with Gasteiger partial charge >= 0.3 is 0 Å². The van der Waals surface area contributed by atoms with E-state index in [0.29, 0.717) is 23.7 Å². The Morgan fingerprint density at radius 3 is 2.75 bits per heavy atom. The summed E-state index contributed by atoms with van der Waals surface area (Å²) in [6.45, 7) is 4.03. The minimum atomic E-state index is -0.409. The molecule has 0 spiro atoms. The van der Waals surface area contributed by atoms with Gasteiger partial charge in [-0.05, 0) is 24.1 Å². The number of halogens is 1. The lowest BCUT2D eigenvalue weighted by molar-refractivity contribution is 0.0960. The fourth-order valence-corrected chi connectivity index (χ4v) is 1.47. The summed E-state index contributed by atoms with van der Waals surface area (Å²) < 4.78 is 18.1. The predicted octanol–water partition coefficient (Wildman–Crippen LogP) is 3.45. The molecular weight excluding hydrogens is 207 g/mol. The summed E-state index contributed by atoms with van der Waals surface area (Å²) >= 11 is 0. The van der Waals surface area contributed by atoms with Crippen LogP contribution in [0.3, 0.4) is 0 Å². The van der Waals surface area contributed by atoms with Gasteiger partial charge in [0.15, 0.2) is 5.78 Å². The van der Waals surface area contributed by atoms with E-state index in [0.717, 1.165) is 6.42 Å². The van der Waals surface area contributed by atoms with Gasteiger partial charge in [0.2, 0.25) is 0 Å². The summed E-state index contributed by atoms with van der Waals surface area (Å²) in [4.78, 5) is 11.9. The minimum absolute atomic E-state index is 0.0642. The molecule has 0 aromatic heterocycles. The Morgan fingerprint density at radius 1 is 1.50 bits per heavy atom. The first-order valence-corrected chi connectivity index (χ1v) is 5.45. The molecule has 0 heterocycles. The van der Waals surface area contributed by atoms with Crippen LogP contribution in [0.15, 0.2) is 18.2 Å². The van der Waals surface area contributed by atoms with Crippen LogP contribution in [0.1, 0.15) is 37.0 Å². The van der Waals surface area contributed by atoms with Crippen LogP contribution < -0.4 is 4.74 Å². The molecule has 88 valence electrons. The van der Waals surface area contributed by atoms with Crippen molar-refractivity contribution in [1.82, 2.24) is 0 Å². The lowest BCUT2D eigenvalue weighted by Crippen LogP contribution is -2.07. The third-order valence-corrected chi connectivity index (χ3v) is 2.69. The van der Waals surface area contributed by atoms with Crippen molar-refractivity contribution in [2.45, 2.75) is 26.7 Å². The van der Waals surface area contributed by atoms with Crippen LogP contribution in [-0.4, -0.2) is 12.9 Å². The van der Waals surface area contributed by atoms with Gasteiger partial charge in [-0.15, -0.1) is 0 Å². The van der Waals surface area contributed by atoms with Gasteiger partial charge in [-0.3, -0.25) is 4.79 Å². The molecule has 0 amide bonds. The molecule has 0 aliphatic heterocycles. The smallest absolute Gasteiger partial charge is 0.166 e. The molecule has 16 heavy (non-hydrogen) atoms. The second kappa shape index (κ2) is 5.64. The predicted molar refractivity (Wildman–Crippen MR) is 61.4 cm³/mol. The van der Waals surface area contributed by atoms with Gasteiger partial charge in [0.1, 0.15) is 11.6 Å². The zero-order valence-electron chi connectivity index (χ0n) is 9.92. The zero-order chi connectivity index (χ0) is 12.1. The number of hydrogen-bond donors (Lipinski definition) is 0. The number of Topliss-reactive ketones (excluding diaryl/α,β-unsaturated/α-hetero) is 1. The first-order chi connectivity index (χ1) is 7.58. The minimum Gasteiger partial charge on any atom is -0.496 e. The van der Waals surface area contributed by atoms with Gasteiger partial charge in [-0.2, -0.15) is 0 Å². The van der Waals surface area contributed by atoms with E-state index < -0.39 is 5.82 Å². The Balaban J connectivity index is 2.93. The maximum Gasteiger partial charge on any atom is 0.166 e. The third-order valence-electron chi connectivity index (χ3n) is 2.69. The molecule has 0 saturated heterocycles. The molecule has 0 bridgehead atoms. The molecule has 1 rings (SSSR count). The van der Waals surface area contributed by atoms with E-state index in [-0.39, 0.29) is 5.78 Å². The van der Waals surface area contributed by atoms with Crippen LogP contribution in [0.5, 0.6) is 5.75 Å². The van der Waals surface area contributed by atoms with Gasteiger partial charge in [0.05, 0.1) is 12.7 Å². The topological polar surface area (TPSA) is 26.3 Å². The van der Waals surface area contributed by atoms with Crippen molar-refractivity contribution in [3.05, 3.63) is 29.6 Å². The van der Waals surface area contributed by atoms with Crippen molar-refractivity contribution >= 4 is 5.78 Å². The number of carbonyl (C=O) groups excluding carboxylic acids is 1. The van der Waals surface area contributed by atoms with Crippen molar-refractivity contribution in [1.29, 1.82) is 0 Å². The number of benzene rings is 1. The van der Waals surface area contributed by atoms with E-state index in [9.17, 15) is 9.18 Å². The molecule has 0 radical (unpaired) electrons. The highest BCUT2D eigenvalue weighted by molar-refractivity contribution is 5.98. The Morgan fingerprint density at radius 2 is 2.19 bits per heavy atom. The summed E-state index contributed by atoms with van der Waals surface area (Å²) in [5, 5.41) is 0. The zero-order valence-corrected chi connectivity index (χ0v) is 9.92. The molecule has 1 aromatic carbocycles. The number of carbonyl (C=O) groups is 1. The fourth-order valence-electron chi connectivity index (χ4n) is 1.47. The average molecular weight is 224 g/mol. The SMILES string of the molecule is CCC(C)CC(=O)c1cc(F)ccc1OC. The number of ketones is 1. The lowest BCUT2D eigenvalue weighted by Gasteiger charge is -2.10. The average Bonchev–Trinajstić information content (AvgIpc) is 2.28. The van der Waals surface area contributed by atoms with E-state index >= 15 is 0 Å². The Hall–Kier alpha value is -1.38. The normalized spacial score (nSPS) is 12.2. The van der Waals surface area contributed by atoms with Crippen LogP contribution in [0.25, 0.3) is 0 Å². The van der Waals surface area contributed by atoms with Gasteiger partial charge < -0.3 is 4.74 Å². The van der Waals surface area contributed by atoms with Gasteiger partial charge in [-0.25, -0.2) is 4.39 Å². The fraction of sp³-hybridized carbons (Fsp3) is 0.462. The maximum absolute atomic E-state index is 13.1. The van der Waals surface area contributed by atoms with E-state index in [1.54, 1.807) is 0 Å². The number of hydrogen-bond acceptors (Lipinski definition) is 2. The molecule has 1 atom stereocenters. The van der Waals surface area contributed by atoms with E-state index in [2.05, 4.69) is 0 Å². The molecule has 0 fully saturated rings. The summed E-state index contributed by atoms with van der Waals surface area (Å²) in [5.74, 6) is 0.272. The molecular formula is C13H17FO2. The van der Waals surface area contributed by atoms with Crippen LogP contribution in [0.4, 0.5) is 4.39 Å². The molecule has 0 saturated carbocycles. The Kier molecular flexibility index (Phi) is 4.47. The molecule has 1 unspecified atom stereocenters. The van der Waals surface area contributed by atoms with Crippen LogP contribution in [0, 0.1) is 11.7 Å². The van der Waals surface area contributed by atoms with E-state index in [4.69, 9.17) is 4.74 Å². The Bertz CT molecular complexity index is 374. The monoisotopic (exact) mass is 224 g/mol. The highest BCUT2D eigenvalue weighted by atomic mass is 19.1. The molecule has 3 heteroatoms. The van der Waals surface area contributed by atoms with Crippen molar-refractivity contribution < 1.29 is 13.9 Å². The van der Waals surface area contributed by atoms with Crippen LogP contribution in [0.2, 0.25) is 0 Å². The number of rotatable bonds is 5. The molecule has 1 aromatic rings. The molecule has 0 aliphatic carbocycles. The molecule has 0 N–H and O–H groups in total. The maximum atomic E-state index is 13.1. The number of ether oxygens (including phenoxy) is 1. The summed E-state index contributed by atoms with van der Waals surface area (Å²) in [6.07, 6.45) is 1.36. The quantitative estimate of drug-likeness (QED) is 0.716. The van der Waals surface area contributed by atoms with Gasteiger partial charge in [0.25, 0.3) is 0 Å². The molecule has 0 aliphatic rings. The summed E-state index contributed by atoms with van der Waals surface area (Å²) in [7, 11) is 1.48. The summed E-state index contributed by atoms with van der Waals surface area (Å²) in [5.41, 5.74) is 0.336. The highest BCUT2D eigenvalue weighted by Gasteiger charge is 2.15. The van der Waals surface area contributed by atoms with E-state index in [1.807, 2.05) is 13.8 Å². The first kappa shape index (κ1) is 12.7. The van der Waals surface area contributed by atoms with Crippen LogP contribution in [-0.2, 0) is 0 Å².